The van der Waals surface area contributed by atoms with Crippen LogP contribution in [0.4, 0.5) is 17.3 Å². The van der Waals surface area contributed by atoms with Crippen LogP contribution in [0.1, 0.15) is 0 Å². The van der Waals surface area contributed by atoms with Gasteiger partial charge in [-0.25, -0.2) is 9.97 Å². The Morgan fingerprint density at radius 2 is 1.65 bits per heavy atom. The van der Waals surface area contributed by atoms with E-state index in [4.69, 9.17) is 5.73 Å². The van der Waals surface area contributed by atoms with Crippen LogP contribution in [0, 0.1) is 0 Å². The molecule has 4 rings (SSSR count). The lowest BCUT2D eigenvalue weighted by molar-refractivity contribution is 0.643. The van der Waals surface area contributed by atoms with Gasteiger partial charge in [-0.3, -0.25) is 0 Å². The minimum absolute atomic E-state index is 0.787. The topological polar surface area (TPSA) is 58.3 Å². The molecule has 2 N–H and O–H groups in total. The number of benzene rings is 1. The number of nitrogen functional groups attached to an aromatic ring is 1. The van der Waals surface area contributed by atoms with Crippen molar-refractivity contribution in [1.29, 1.82) is 0 Å². The van der Waals surface area contributed by atoms with Crippen LogP contribution in [-0.4, -0.2) is 36.1 Å². The van der Waals surface area contributed by atoms with Gasteiger partial charge in [0, 0.05) is 49.6 Å². The minimum atomic E-state index is 0.787. The van der Waals surface area contributed by atoms with Crippen LogP contribution in [0.25, 0.3) is 10.8 Å². The van der Waals surface area contributed by atoms with Crippen LogP contribution in [-0.2, 0) is 0 Å². The predicted octanol–water partition coefficient (Wildman–Crippen LogP) is 2.54. The lowest BCUT2D eigenvalue weighted by Gasteiger charge is -2.36. The highest BCUT2D eigenvalue weighted by Crippen LogP contribution is 2.27. The Morgan fingerprint density at radius 3 is 2.43 bits per heavy atom. The molecule has 0 amide bonds. The van der Waals surface area contributed by atoms with Gasteiger partial charge in [0.05, 0.1) is 0 Å². The summed E-state index contributed by atoms with van der Waals surface area (Å²) in [5.74, 6) is 2.09. The summed E-state index contributed by atoms with van der Waals surface area (Å²) in [6, 6.07) is 14.1. The summed E-state index contributed by atoms with van der Waals surface area (Å²) in [6.07, 6.45) is 3.71. The molecule has 23 heavy (non-hydrogen) atoms. The number of nitrogens with zero attached hydrogens (tertiary/aromatic N) is 4. The standard InChI is InChI=1S/C18H19N5/c19-15-4-5-16-14(13-15)6-8-21-18(16)23-11-9-22(10-12-23)17-3-1-2-7-20-17/h1-8,13H,9-12,19H2. The molecule has 0 spiro atoms. The number of anilines is 3. The van der Waals surface area contributed by atoms with Gasteiger partial charge < -0.3 is 15.5 Å². The summed E-state index contributed by atoms with van der Waals surface area (Å²) >= 11 is 0. The molecule has 5 heteroatoms. The zero-order valence-electron chi connectivity index (χ0n) is 12.9. The van der Waals surface area contributed by atoms with Gasteiger partial charge in [-0.2, -0.15) is 0 Å². The number of pyridine rings is 2. The van der Waals surface area contributed by atoms with E-state index < -0.39 is 0 Å². The Hall–Kier alpha value is -2.82. The molecule has 1 aliphatic rings. The summed E-state index contributed by atoms with van der Waals surface area (Å²) in [5, 5.41) is 2.30. The Bertz CT molecular complexity index is 810. The highest BCUT2D eigenvalue weighted by atomic mass is 15.3. The van der Waals surface area contributed by atoms with Gasteiger partial charge in [0.1, 0.15) is 11.6 Å². The lowest BCUT2D eigenvalue weighted by atomic mass is 10.1. The van der Waals surface area contributed by atoms with Crippen molar-refractivity contribution >= 4 is 28.1 Å². The third kappa shape index (κ3) is 2.65. The second-order valence-corrected chi connectivity index (χ2v) is 5.78. The molecule has 0 bridgehead atoms. The number of piperazine rings is 1. The van der Waals surface area contributed by atoms with Gasteiger partial charge in [0.2, 0.25) is 0 Å². The number of fused-ring (bicyclic) bond motifs is 1. The van der Waals surface area contributed by atoms with Crippen LogP contribution >= 0.6 is 0 Å². The molecule has 1 aliphatic heterocycles. The van der Waals surface area contributed by atoms with E-state index in [1.54, 1.807) is 0 Å². The smallest absolute Gasteiger partial charge is 0.136 e. The van der Waals surface area contributed by atoms with Gasteiger partial charge in [-0.15, -0.1) is 0 Å². The van der Waals surface area contributed by atoms with E-state index in [-0.39, 0.29) is 0 Å². The molecule has 0 unspecified atom stereocenters. The monoisotopic (exact) mass is 305 g/mol. The van der Waals surface area contributed by atoms with E-state index in [0.29, 0.717) is 0 Å². The molecule has 0 saturated carbocycles. The third-order valence-electron chi connectivity index (χ3n) is 4.32. The van der Waals surface area contributed by atoms with Gasteiger partial charge in [-0.05, 0) is 41.8 Å². The van der Waals surface area contributed by atoms with Gasteiger partial charge in [0.25, 0.3) is 0 Å². The SMILES string of the molecule is Nc1ccc2c(N3CCN(c4ccccn4)CC3)nccc2c1. The zero-order chi connectivity index (χ0) is 15.6. The second-order valence-electron chi connectivity index (χ2n) is 5.78. The van der Waals surface area contributed by atoms with E-state index in [9.17, 15) is 0 Å². The van der Waals surface area contributed by atoms with Crippen LogP contribution in [0.2, 0.25) is 0 Å². The Kier molecular flexibility index (Phi) is 3.46. The molecule has 0 radical (unpaired) electrons. The predicted molar refractivity (Wildman–Crippen MR) is 94.8 cm³/mol. The van der Waals surface area contributed by atoms with Crippen LogP contribution in [0.3, 0.4) is 0 Å². The van der Waals surface area contributed by atoms with E-state index in [1.165, 1.54) is 0 Å². The van der Waals surface area contributed by atoms with Crippen LogP contribution in [0.5, 0.6) is 0 Å². The summed E-state index contributed by atoms with van der Waals surface area (Å²) in [6.45, 7) is 3.77. The molecule has 3 aromatic rings. The average Bonchev–Trinajstić information content (AvgIpc) is 2.62. The van der Waals surface area contributed by atoms with Gasteiger partial charge in [-0.1, -0.05) is 6.07 Å². The molecule has 1 saturated heterocycles. The number of aromatic nitrogens is 2. The maximum atomic E-state index is 5.89. The first kappa shape index (κ1) is 13.8. The van der Waals surface area contributed by atoms with E-state index in [1.807, 2.05) is 42.7 Å². The van der Waals surface area contributed by atoms with Crippen molar-refractivity contribution in [2.45, 2.75) is 0 Å². The first-order valence-corrected chi connectivity index (χ1v) is 7.86. The molecule has 3 heterocycles. The maximum absolute atomic E-state index is 5.89. The highest BCUT2D eigenvalue weighted by molar-refractivity contribution is 5.94. The number of nitrogens with two attached hydrogens (primary N) is 1. The molecule has 5 nitrogen and oxygen atoms in total. The normalized spacial score (nSPS) is 15.1. The number of hydrogen-bond acceptors (Lipinski definition) is 5. The van der Waals surface area contributed by atoms with Gasteiger partial charge >= 0.3 is 0 Å². The molecule has 116 valence electrons. The largest absolute Gasteiger partial charge is 0.399 e. The van der Waals surface area contributed by atoms with Crippen molar-refractivity contribution in [3.63, 3.8) is 0 Å². The molecule has 0 atom stereocenters. The maximum Gasteiger partial charge on any atom is 0.136 e. The molecule has 1 fully saturated rings. The lowest BCUT2D eigenvalue weighted by Crippen LogP contribution is -2.47. The van der Waals surface area contributed by atoms with Crippen molar-refractivity contribution in [3.8, 4) is 0 Å². The number of rotatable bonds is 2. The molecule has 1 aromatic carbocycles. The van der Waals surface area contributed by atoms with Gasteiger partial charge in [0.15, 0.2) is 0 Å². The molecular formula is C18H19N5. The van der Waals surface area contributed by atoms with E-state index in [0.717, 1.165) is 54.3 Å². The van der Waals surface area contributed by atoms with Crippen molar-refractivity contribution in [1.82, 2.24) is 9.97 Å². The fourth-order valence-corrected chi connectivity index (χ4v) is 3.12. The molecule has 0 aliphatic carbocycles. The summed E-state index contributed by atoms with van der Waals surface area (Å²) in [7, 11) is 0. The van der Waals surface area contributed by atoms with Crippen molar-refractivity contribution in [3.05, 3.63) is 54.9 Å². The summed E-state index contributed by atoms with van der Waals surface area (Å²) < 4.78 is 0. The van der Waals surface area contributed by atoms with Crippen molar-refractivity contribution in [2.24, 2.45) is 0 Å². The van der Waals surface area contributed by atoms with Crippen LogP contribution < -0.4 is 15.5 Å². The fourth-order valence-electron chi connectivity index (χ4n) is 3.12. The zero-order valence-corrected chi connectivity index (χ0v) is 12.9. The number of hydrogen-bond donors (Lipinski definition) is 1. The van der Waals surface area contributed by atoms with Crippen LogP contribution in [0.15, 0.2) is 54.9 Å². The molecular weight excluding hydrogens is 286 g/mol. The summed E-state index contributed by atoms with van der Waals surface area (Å²) in [4.78, 5) is 13.7. The Balaban J connectivity index is 1.57. The first-order chi connectivity index (χ1) is 11.3. The Labute approximate surface area is 135 Å². The minimum Gasteiger partial charge on any atom is -0.399 e. The van der Waals surface area contributed by atoms with Crippen molar-refractivity contribution < 1.29 is 0 Å². The highest BCUT2D eigenvalue weighted by Gasteiger charge is 2.20. The van der Waals surface area contributed by atoms with E-state index >= 15 is 0 Å². The quantitative estimate of drug-likeness (QED) is 0.737. The fraction of sp³-hybridized carbons (Fsp3) is 0.222. The molecule has 2 aromatic heterocycles. The average molecular weight is 305 g/mol. The third-order valence-corrected chi connectivity index (χ3v) is 4.32. The summed E-state index contributed by atoms with van der Waals surface area (Å²) in [5.41, 5.74) is 6.67. The van der Waals surface area contributed by atoms with Crippen molar-refractivity contribution in [2.75, 3.05) is 41.7 Å². The Morgan fingerprint density at radius 1 is 0.826 bits per heavy atom. The second kappa shape index (κ2) is 5.76. The first-order valence-electron chi connectivity index (χ1n) is 7.86. The van der Waals surface area contributed by atoms with E-state index in [2.05, 4.69) is 31.9 Å².